The maximum absolute atomic E-state index is 8.90. The van der Waals surface area contributed by atoms with E-state index in [-0.39, 0.29) is 0 Å². The Labute approximate surface area is 115 Å². The van der Waals surface area contributed by atoms with Gasteiger partial charge in [-0.25, -0.2) is 0 Å². The molecular weight excluding hydrogens is 290 g/mol. The van der Waals surface area contributed by atoms with E-state index in [0.717, 1.165) is 15.7 Å². The van der Waals surface area contributed by atoms with Gasteiger partial charge in [0.1, 0.15) is 11.8 Å². The van der Waals surface area contributed by atoms with Crippen LogP contribution < -0.4 is 5.32 Å². The average molecular weight is 304 g/mol. The van der Waals surface area contributed by atoms with Gasteiger partial charge in [-0.1, -0.05) is 22.0 Å². The molecule has 0 unspecified atom stereocenters. The Hall–Kier alpha value is -1.73. The van der Waals surface area contributed by atoms with Crippen molar-refractivity contribution in [2.75, 3.05) is 5.32 Å². The molecule has 2 rings (SSSR count). The summed E-state index contributed by atoms with van der Waals surface area (Å²) < 4.78 is 2.89. The van der Waals surface area contributed by atoms with Crippen LogP contribution in [0.2, 0.25) is 0 Å². The number of nitriles is 1. The molecule has 0 saturated heterocycles. The zero-order valence-corrected chi connectivity index (χ0v) is 12.0. The normalized spacial score (nSPS) is 10.1. The number of nitrogens with zero attached hydrogens (tertiary/aromatic N) is 2. The Morgan fingerprint density at radius 2 is 2.17 bits per heavy atom. The van der Waals surface area contributed by atoms with Crippen molar-refractivity contribution < 1.29 is 0 Å². The molecule has 0 aliphatic carbocycles. The molecule has 1 N–H and O–H groups in total. The number of nitrogens with one attached hydrogen (secondary N) is 1. The van der Waals surface area contributed by atoms with Gasteiger partial charge in [0.2, 0.25) is 0 Å². The number of aromatic nitrogens is 1. The number of rotatable bonds is 3. The van der Waals surface area contributed by atoms with Gasteiger partial charge >= 0.3 is 0 Å². The van der Waals surface area contributed by atoms with Crippen LogP contribution in [0.25, 0.3) is 0 Å². The zero-order chi connectivity index (χ0) is 13.1. The first-order valence-electron chi connectivity index (χ1n) is 5.65. The summed E-state index contributed by atoms with van der Waals surface area (Å²) in [6, 6.07) is 10.2. The first-order valence-corrected chi connectivity index (χ1v) is 6.45. The van der Waals surface area contributed by atoms with Crippen molar-refractivity contribution in [2.24, 2.45) is 7.05 Å². The van der Waals surface area contributed by atoms with Crippen molar-refractivity contribution in [3.8, 4) is 6.07 Å². The van der Waals surface area contributed by atoms with E-state index in [1.54, 1.807) is 0 Å². The summed E-state index contributed by atoms with van der Waals surface area (Å²) in [6.45, 7) is 2.79. The van der Waals surface area contributed by atoms with Gasteiger partial charge in [-0.15, -0.1) is 0 Å². The third-order valence-electron chi connectivity index (χ3n) is 2.86. The lowest BCUT2D eigenvalue weighted by Gasteiger charge is -2.08. The highest BCUT2D eigenvalue weighted by Gasteiger charge is 2.03. The molecule has 0 atom stereocenters. The van der Waals surface area contributed by atoms with Gasteiger partial charge in [-0.3, -0.25) is 0 Å². The summed E-state index contributed by atoms with van der Waals surface area (Å²) in [5.74, 6) is 0. The summed E-state index contributed by atoms with van der Waals surface area (Å²) in [7, 11) is 1.88. The van der Waals surface area contributed by atoms with E-state index in [4.69, 9.17) is 5.26 Å². The lowest BCUT2D eigenvalue weighted by Crippen LogP contribution is -2.00. The largest absolute Gasteiger partial charge is 0.381 e. The standard InChI is InChI=1S/C14H14BrN3/c1-10-3-4-12(15)6-14(10)17-8-11-5-13(7-16)18(2)9-11/h3-6,9,17H,8H2,1-2H3. The van der Waals surface area contributed by atoms with Gasteiger partial charge in [0, 0.05) is 29.9 Å². The second kappa shape index (κ2) is 5.28. The maximum Gasteiger partial charge on any atom is 0.120 e. The second-order valence-corrected chi connectivity index (χ2v) is 5.18. The zero-order valence-electron chi connectivity index (χ0n) is 10.4. The number of benzene rings is 1. The van der Waals surface area contributed by atoms with Gasteiger partial charge < -0.3 is 9.88 Å². The molecule has 4 heteroatoms. The van der Waals surface area contributed by atoms with Crippen LogP contribution in [0.4, 0.5) is 5.69 Å². The van der Waals surface area contributed by atoms with Crippen molar-refractivity contribution in [3.05, 3.63) is 51.8 Å². The molecule has 1 aromatic heterocycles. The van der Waals surface area contributed by atoms with Crippen molar-refractivity contribution >= 4 is 21.6 Å². The number of anilines is 1. The molecule has 1 aromatic carbocycles. The van der Waals surface area contributed by atoms with Gasteiger partial charge in [0.15, 0.2) is 0 Å². The molecular formula is C14H14BrN3. The fraction of sp³-hybridized carbons (Fsp3) is 0.214. The Kier molecular flexibility index (Phi) is 3.73. The predicted molar refractivity (Wildman–Crippen MR) is 76.3 cm³/mol. The molecule has 3 nitrogen and oxygen atoms in total. The van der Waals surface area contributed by atoms with Crippen LogP contribution in [-0.2, 0) is 13.6 Å². The Morgan fingerprint density at radius 1 is 1.39 bits per heavy atom. The molecule has 0 saturated carbocycles. The van der Waals surface area contributed by atoms with Crippen LogP contribution >= 0.6 is 15.9 Å². The first-order chi connectivity index (χ1) is 8.60. The van der Waals surface area contributed by atoms with Crippen LogP contribution in [0.15, 0.2) is 34.9 Å². The SMILES string of the molecule is Cc1ccc(Br)cc1NCc1cc(C#N)n(C)c1. The van der Waals surface area contributed by atoms with Gasteiger partial charge in [0.25, 0.3) is 0 Å². The van der Waals surface area contributed by atoms with Crippen molar-refractivity contribution in [3.63, 3.8) is 0 Å². The molecule has 92 valence electrons. The first kappa shape index (κ1) is 12.7. The van der Waals surface area contributed by atoms with E-state index >= 15 is 0 Å². The third kappa shape index (κ3) is 2.74. The highest BCUT2D eigenvalue weighted by atomic mass is 79.9. The molecule has 2 aromatic rings. The van der Waals surface area contributed by atoms with Crippen molar-refractivity contribution in [2.45, 2.75) is 13.5 Å². The maximum atomic E-state index is 8.90. The summed E-state index contributed by atoms with van der Waals surface area (Å²) in [5, 5.41) is 12.3. The molecule has 1 heterocycles. The Morgan fingerprint density at radius 3 is 2.83 bits per heavy atom. The summed E-state index contributed by atoms with van der Waals surface area (Å²) in [4.78, 5) is 0. The number of aryl methyl sites for hydroxylation is 2. The van der Waals surface area contributed by atoms with Crippen LogP contribution in [0, 0.1) is 18.3 Å². The molecule has 0 radical (unpaired) electrons. The summed E-state index contributed by atoms with van der Waals surface area (Å²) >= 11 is 3.46. The fourth-order valence-corrected chi connectivity index (χ4v) is 2.18. The van der Waals surface area contributed by atoms with E-state index in [1.807, 2.05) is 29.9 Å². The smallest absolute Gasteiger partial charge is 0.120 e. The van der Waals surface area contributed by atoms with Crippen LogP contribution in [0.3, 0.4) is 0 Å². The Balaban J connectivity index is 2.11. The van der Waals surface area contributed by atoms with E-state index < -0.39 is 0 Å². The topological polar surface area (TPSA) is 40.8 Å². The minimum Gasteiger partial charge on any atom is -0.381 e. The molecule has 0 aliphatic heterocycles. The monoisotopic (exact) mass is 303 g/mol. The van der Waals surface area contributed by atoms with Gasteiger partial charge in [-0.05, 0) is 36.2 Å². The lowest BCUT2D eigenvalue weighted by atomic mass is 10.2. The minimum absolute atomic E-state index is 0.678. The van der Waals surface area contributed by atoms with E-state index in [2.05, 4.69) is 46.4 Å². The molecule has 0 amide bonds. The molecule has 18 heavy (non-hydrogen) atoms. The van der Waals surface area contributed by atoms with Crippen LogP contribution in [-0.4, -0.2) is 4.57 Å². The van der Waals surface area contributed by atoms with Crippen LogP contribution in [0.5, 0.6) is 0 Å². The van der Waals surface area contributed by atoms with Crippen molar-refractivity contribution in [1.29, 1.82) is 5.26 Å². The minimum atomic E-state index is 0.678. The molecule has 0 spiro atoms. The molecule has 0 aliphatic rings. The lowest BCUT2D eigenvalue weighted by molar-refractivity contribution is 0.902. The van der Waals surface area contributed by atoms with E-state index in [9.17, 15) is 0 Å². The quantitative estimate of drug-likeness (QED) is 0.941. The van der Waals surface area contributed by atoms with E-state index in [0.29, 0.717) is 12.2 Å². The number of halogens is 1. The highest BCUT2D eigenvalue weighted by molar-refractivity contribution is 9.10. The number of hydrogen-bond donors (Lipinski definition) is 1. The summed E-state index contributed by atoms with van der Waals surface area (Å²) in [5.41, 5.74) is 4.09. The second-order valence-electron chi connectivity index (χ2n) is 4.27. The fourth-order valence-electron chi connectivity index (χ4n) is 1.82. The van der Waals surface area contributed by atoms with Crippen LogP contribution in [0.1, 0.15) is 16.8 Å². The molecule has 0 bridgehead atoms. The molecule has 0 fully saturated rings. The Bertz CT molecular complexity index is 608. The highest BCUT2D eigenvalue weighted by Crippen LogP contribution is 2.21. The summed E-state index contributed by atoms with van der Waals surface area (Å²) in [6.07, 6.45) is 1.97. The predicted octanol–water partition coefficient (Wildman–Crippen LogP) is 3.58. The van der Waals surface area contributed by atoms with E-state index in [1.165, 1.54) is 5.56 Å². The van der Waals surface area contributed by atoms with Gasteiger partial charge in [0.05, 0.1) is 0 Å². The third-order valence-corrected chi connectivity index (χ3v) is 3.35. The number of hydrogen-bond acceptors (Lipinski definition) is 2. The van der Waals surface area contributed by atoms with Gasteiger partial charge in [-0.2, -0.15) is 5.26 Å². The average Bonchev–Trinajstić information content (AvgIpc) is 2.71. The van der Waals surface area contributed by atoms with Crippen molar-refractivity contribution in [1.82, 2.24) is 4.57 Å².